The summed E-state index contributed by atoms with van der Waals surface area (Å²) in [6.45, 7) is 2.78. The molecular formula is C27H24N6O3. The van der Waals surface area contributed by atoms with Crippen LogP contribution in [0, 0.1) is 0 Å². The first-order valence-corrected chi connectivity index (χ1v) is 11.8. The first kappa shape index (κ1) is 22.1. The van der Waals surface area contributed by atoms with Crippen molar-refractivity contribution in [2.45, 2.75) is 0 Å². The lowest BCUT2D eigenvalue weighted by Gasteiger charge is -2.38. The van der Waals surface area contributed by atoms with Crippen molar-refractivity contribution >= 4 is 33.9 Å². The van der Waals surface area contributed by atoms with Crippen molar-refractivity contribution in [2.75, 3.05) is 38.4 Å². The Bertz CT molecular complexity index is 1530. The smallest absolute Gasteiger partial charge is 0.337 e. The average Bonchev–Trinajstić information content (AvgIpc) is 3.38. The van der Waals surface area contributed by atoms with Gasteiger partial charge >= 0.3 is 5.97 Å². The van der Waals surface area contributed by atoms with E-state index in [9.17, 15) is 4.79 Å². The molecule has 1 saturated heterocycles. The highest BCUT2D eigenvalue weighted by molar-refractivity contribution is 6.01. The van der Waals surface area contributed by atoms with Crippen LogP contribution in [0.4, 0.5) is 11.5 Å². The van der Waals surface area contributed by atoms with E-state index in [1.165, 1.54) is 7.11 Å². The van der Waals surface area contributed by atoms with E-state index in [4.69, 9.17) is 14.6 Å². The molecule has 0 radical (unpaired) electrons. The van der Waals surface area contributed by atoms with E-state index >= 15 is 0 Å². The fraction of sp³-hybridized carbons (Fsp3) is 0.185. The van der Waals surface area contributed by atoms with Gasteiger partial charge in [0.1, 0.15) is 0 Å². The van der Waals surface area contributed by atoms with E-state index in [2.05, 4.69) is 38.4 Å². The molecule has 1 fully saturated rings. The second-order valence-electron chi connectivity index (χ2n) is 8.41. The summed E-state index contributed by atoms with van der Waals surface area (Å²) in [6, 6.07) is 25.4. The predicted molar refractivity (Wildman–Crippen MR) is 136 cm³/mol. The molecule has 0 atom stereocenters. The topological polar surface area (TPSA) is 85.1 Å². The molecule has 0 saturated carbocycles. The number of hydrogen-bond donors (Lipinski definition) is 0. The van der Waals surface area contributed by atoms with Gasteiger partial charge in [-0.2, -0.15) is 4.52 Å². The van der Waals surface area contributed by atoms with Gasteiger partial charge in [-0.1, -0.05) is 54.6 Å². The molecule has 0 spiro atoms. The number of para-hydroxylation sites is 1. The zero-order valence-corrected chi connectivity index (χ0v) is 19.7. The minimum atomic E-state index is -0.386. The molecule has 6 rings (SSSR count). The van der Waals surface area contributed by atoms with Crippen molar-refractivity contribution in [3.05, 3.63) is 84.4 Å². The highest BCUT2D eigenvalue weighted by Gasteiger charge is 2.26. The third-order valence-corrected chi connectivity index (χ3v) is 6.28. The van der Waals surface area contributed by atoms with Crippen molar-refractivity contribution in [1.29, 1.82) is 0 Å². The minimum absolute atomic E-state index is 0.386. The second-order valence-corrected chi connectivity index (χ2v) is 8.41. The number of methoxy groups -OCH3 is 1. The monoisotopic (exact) mass is 480 g/mol. The van der Waals surface area contributed by atoms with Crippen LogP contribution in [-0.4, -0.2) is 64.2 Å². The van der Waals surface area contributed by atoms with Gasteiger partial charge in [-0.3, -0.25) is 5.01 Å². The molecular weight excluding hydrogens is 456 g/mol. The number of anilines is 2. The maximum Gasteiger partial charge on any atom is 0.337 e. The van der Waals surface area contributed by atoms with E-state index in [0.29, 0.717) is 30.2 Å². The van der Waals surface area contributed by atoms with Crippen molar-refractivity contribution in [3.63, 3.8) is 0 Å². The quantitative estimate of drug-likeness (QED) is 0.348. The molecule has 9 heteroatoms. The van der Waals surface area contributed by atoms with Gasteiger partial charge in [0.25, 0.3) is 0 Å². The van der Waals surface area contributed by atoms with Crippen LogP contribution >= 0.6 is 0 Å². The fourth-order valence-corrected chi connectivity index (χ4v) is 4.52. The number of nitrogens with zero attached hydrogens (tertiary/aromatic N) is 6. The number of benzene rings is 3. The van der Waals surface area contributed by atoms with Crippen LogP contribution in [0.2, 0.25) is 0 Å². The Balaban J connectivity index is 1.56. The SMILES string of the molecule is COC(=O)c1ccc(-c2nnc3c4ccccc4c(N(c4ccccc4)N4CCOCC4)nn23)cc1. The summed E-state index contributed by atoms with van der Waals surface area (Å²) in [5.41, 5.74) is 2.93. The van der Waals surface area contributed by atoms with Crippen LogP contribution in [-0.2, 0) is 9.47 Å². The van der Waals surface area contributed by atoms with Crippen molar-refractivity contribution in [3.8, 4) is 11.4 Å². The molecule has 0 unspecified atom stereocenters. The second kappa shape index (κ2) is 9.37. The van der Waals surface area contributed by atoms with Gasteiger partial charge in [0, 0.05) is 29.4 Å². The fourth-order valence-electron chi connectivity index (χ4n) is 4.52. The highest BCUT2D eigenvalue weighted by atomic mass is 16.5. The molecule has 1 aliphatic heterocycles. The van der Waals surface area contributed by atoms with Crippen LogP contribution in [0.15, 0.2) is 78.9 Å². The van der Waals surface area contributed by atoms with Crippen molar-refractivity contribution in [1.82, 2.24) is 24.8 Å². The molecule has 36 heavy (non-hydrogen) atoms. The Morgan fingerprint density at radius 1 is 0.889 bits per heavy atom. The van der Waals surface area contributed by atoms with E-state index in [0.717, 1.165) is 40.9 Å². The van der Waals surface area contributed by atoms with Gasteiger partial charge < -0.3 is 9.47 Å². The number of fused-ring (bicyclic) bond motifs is 3. The summed E-state index contributed by atoms with van der Waals surface area (Å²) in [6.07, 6.45) is 0. The molecule has 9 nitrogen and oxygen atoms in total. The first-order valence-electron chi connectivity index (χ1n) is 11.8. The molecule has 0 bridgehead atoms. The van der Waals surface area contributed by atoms with Crippen molar-refractivity contribution < 1.29 is 14.3 Å². The van der Waals surface area contributed by atoms with E-state index in [1.807, 2.05) is 48.5 Å². The number of carbonyl (C=O) groups excluding carboxylic acids is 1. The van der Waals surface area contributed by atoms with Gasteiger partial charge in [-0.05, 0) is 24.3 Å². The number of morpholine rings is 1. The maximum atomic E-state index is 11.9. The third kappa shape index (κ3) is 3.84. The summed E-state index contributed by atoms with van der Waals surface area (Å²) in [5, 5.41) is 20.4. The number of rotatable bonds is 5. The van der Waals surface area contributed by atoms with Gasteiger partial charge in [-0.25, -0.2) is 9.80 Å². The molecule has 0 amide bonds. The van der Waals surface area contributed by atoms with Crippen LogP contribution in [0.5, 0.6) is 0 Å². The predicted octanol–water partition coefficient (Wildman–Crippen LogP) is 4.12. The zero-order valence-electron chi connectivity index (χ0n) is 19.7. The van der Waals surface area contributed by atoms with Crippen molar-refractivity contribution in [2.24, 2.45) is 0 Å². The summed E-state index contributed by atoms with van der Waals surface area (Å²) in [5.74, 6) is 0.977. The summed E-state index contributed by atoms with van der Waals surface area (Å²) in [4.78, 5) is 11.9. The number of hydrazine groups is 1. The highest BCUT2D eigenvalue weighted by Crippen LogP contribution is 2.34. The molecule has 3 heterocycles. The standard InChI is InChI=1S/C27H24N6O3/c1-35-27(34)20-13-11-19(12-14-20)24-28-29-25-22-9-5-6-10-23(22)26(30-32(24)25)33(21-7-3-2-4-8-21)31-15-17-36-18-16-31/h2-14H,15-18H2,1H3. The summed E-state index contributed by atoms with van der Waals surface area (Å²) in [7, 11) is 1.37. The summed E-state index contributed by atoms with van der Waals surface area (Å²) < 4.78 is 12.2. The van der Waals surface area contributed by atoms with E-state index in [-0.39, 0.29) is 5.97 Å². The number of carbonyl (C=O) groups is 1. The Hall–Kier alpha value is -4.34. The summed E-state index contributed by atoms with van der Waals surface area (Å²) >= 11 is 0. The Morgan fingerprint density at radius 2 is 1.58 bits per heavy atom. The van der Waals surface area contributed by atoms with Crippen LogP contribution in [0.25, 0.3) is 27.8 Å². The third-order valence-electron chi connectivity index (χ3n) is 6.28. The molecule has 2 aromatic heterocycles. The lowest BCUT2D eigenvalue weighted by atomic mass is 10.1. The molecule has 0 N–H and O–H groups in total. The number of esters is 1. The van der Waals surface area contributed by atoms with E-state index < -0.39 is 0 Å². The number of ether oxygens (including phenoxy) is 2. The largest absolute Gasteiger partial charge is 0.465 e. The lowest BCUT2D eigenvalue weighted by Crippen LogP contribution is -2.47. The molecule has 0 aliphatic carbocycles. The Kier molecular flexibility index (Phi) is 5.76. The van der Waals surface area contributed by atoms with Gasteiger partial charge in [0.15, 0.2) is 17.3 Å². The van der Waals surface area contributed by atoms with Gasteiger partial charge in [0.2, 0.25) is 0 Å². The number of hydrogen-bond acceptors (Lipinski definition) is 8. The lowest BCUT2D eigenvalue weighted by molar-refractivity contribution is 0.0375. The molecule has 5 aromatic rings. The molecule has 180 valence electrons. The van der Waals surface area contributed by atoms with Gasteiger partial charge in [0.05, 0.1) is 31.6 Å². The zero-order chi connectivity index (χ0) is 24.5. The number of aromatic nitrogens is 4. The van der Waals surface area contributed by atoms with E-state index in [1.54, 1.807) is 16.6 Å². The average molecular weight is 481 g/mol. The Morgan fingerprint density at radius 3 is 2.31 bits per heavy atom. The van der Waals surface area contributed by atoms with Crippen LogP contribution in [0.1, 0.15) is 10.4 Å². The minimum Gasteiger partial charge on any atom is -0.465 e. The van der Waals surface area contributed by atoms with Gasteiger partial charge in [-0.15, -0.1) is 15.3 Å². The molecule has 3 aromatic carbocycles. The first-order chi connectivity index (χ1) is 17.7. The Labute approximate surface area is 207 Å². The van der Waals surface area contributed by atoms with Crippen LogP contribution in [0.3, 0.4) is 0 Å². The van der Waals surface area contributed by atoms with Crippen LogP contribution < -0.4 is 5.01 Å². The molecule has 1 aliphatic rings. The normalized spacial score (nSPS) is 14.2. The maximum absolute atomic E-state index is 11.9.